The molecule has 0 radical (unpaired) electrons. The Labute approximate surface area is 104 Å². The first kappa shape index (κ1) is 10.5. The third kappa shape index (κ3) is 1.61. The summed E-state index contributed by atoms with van der Waals surface area (Å²) in [5.74, 6) is 0. The molecule has 2 aromatic rings. The molecule has 0 saturated heterocycles. The number of hydrogen-bond donors (Lipinski definition) is 0. The summed E-state index contributed by atoms with van der Waals surface area (Å²) in [6, 6.07) is 0. The first-order chi connectivity index (χ1) is 6.63. The molecule has 0 saturated carbocycles. The Morgan fingerprint density at radius 2 is 2.21 bits per heavy atom. The molecule has 2 heterocycles. The minimum Gasteiger partial charge on any atom is -0.334 e. The second-order valence-corrected chi connectivity index (χ2v) is 5.08. The van der Waals surface area contributed by atoms with Crippen molar-refractivity contribution in [2.75, 3.05) is 6.26 Å². The minimum absolute atomic E-state index is 0.305. The second kappa shape index (κ2) is 3.86. The number of halogens is 2. The third-order valence-corrected chi connectivity index (χ3v) is 3.57. The minimum atomic E-state index is 0.305. The fourth-order valence-electron chi connectivity index (χ4n) is 1.31. The zero-order chi connectivity index (χ0) is 10.3. The van der Waals surface area contributed by atoms with Crippen molar-refractivity contribution in [2.24, 2.45) is 7.05 Å². The van der Waals surface area contributed by atoms with Gasteiger partial charge in [0.15, 0.2) is 0 Å². The van der Waals surface area contributed by atoms with E-state index < -0.39 is 0 Å². The quantitative estimate of drug-likeness (QED) is 0.346. The van der Waals surface area contributed by atoms with E-state index in [1.807, 2.05) is 24.1 Å². The van der Waals surface area contributed by atoms with E-state index in [9.17, 15) is 0 Å². The molecule has 0 fully saturated rings. The lowest BCUT2D eigenvalue weighted by molar-refractivity contribution is 0.936. The lowest BCUT2D eigenvalue weighted by Crippen LogP contribution is -1.92. The lowest BCUT2D eigenvalue weighted by Gasteiger charge is -2.00. The predicted octanol–water partition coefficient (Wildman–Crippen LogP) is 2.95. The van der Waals surface area contributed by atoms with E-state index in [4.69, 9.17) is 11.6 Å². The van der Waals surface area contributed by atoms with Gasteiger partial charge in [-0.1, -0.05) is 0 Å². The molecule has 0 amide bonds. The van der Waals surface area contributed by atoms with E-state index in [1.165, 1.54) is 0 Å². The van der Waals surface area contributed by atoms with E-state index >= 15 is 0 Å². The molecule has 0 unspecified atom stereocenters. The van der Waals surface area contributed by atoms with Gasteiger partial charge in [0.25, 0.3) is 0 Å². The van der Waals surface area contributed by atoms with Crippen LogP contribution < -0.4 is 0 Å². The number of aryl methyl sites for hydroxylation is 1. The van der Waals surface area contributed by atoms with Crippen LogP contribution in [0.4, 0.5) is 0 Å². The summed E-state index contributed by atoms with van der Waals surface area (Å²) in [4.78, 5) is 8.40. The van der Waals surface area contributed by atoms with Gasteiger partial charge in [-0.15, -0.1) is 11.8 Å². The smallest absolute Gasteiger partial charge is 0.225 e. The zero-order valence-electron chi connectivity index (χ0n) is 7.58. The molecule has 6 heteroatoms. The number of fused-ring (bicyclic) bond motifs is 1. The van der Waals surface area contributed by atoms with E-state index in [0.717, 1.165) is 19.6 Å². The van der Waals surface area contributed by atoms with Gasteiger partial charge in [-0.05, 0) is 40.4 Å². The molecule has 0 aliphatic heterocycles. The summed E-state index contributed by atoms with van der Waals surface area (Å²) in [7, 11) is 1.96. The molecule has 0 aliphatic carbocycles. The Kier molecular flexibility index (Phi) is 2.90. The van der Waals surface area contributed by atoms with Gasteiger partial charge in [-0.25, -0.2) is 4.98 Å². The van der Waals surface area contributed by atoms with E-state index in [0.29, 0.717) is 5.28 Å². The second-order valence-electron chi connectivity index (χ2n) is 2.79. The highest BCUT2D eigenvalue weighted by Crippen LogP contribution is 2.29. The topological polar surface area (TPSA) is 30.7 Å². The summed E-state index contributed by atoms with van der Waals surface area (Å²) in [5, 5.41) is 2.33. The van der Waals surface area contributed by atoms with Gasteiger partial charge in [0.1, 0.15) is 10.7 Å². The van der Waals surface area contributed by atoms with Crippen LogP contribution in [-0.4, -0.2) is 20.8 Å². The molecule has 0 aromatic carbocycles. The highest BCUT2D eigenvalue weighted by Gasteiger charge is 2.12. The number of hydrogen-bond acceptors (Lipinski definition) is 3. The number of rotatable bonds is 1. The van der Waals surface area contributed by atoms with Crippen molar-refractivity contribution in [3.8, 4) is 0 Å². The first-order valence-corrected chi connectivity index (χ1v) is 6.53. The van der Waals surface area contributed by atoms with Crippen LogP contribution in [0.1, 0.15) is 0 Å². The van der Waals surface area contributed by atoms with Crippen molar-refractivity contribution in [1.82, 2.24) is 14.5 Å². The molecule has 0 atom stereocenters. The van der Waals surface area contributed by atoms with Crippen molar-refractivity contribution in [2.45, 2.75) is 5.03 Å². The van der Waals surface area contributed by atoms with Crippen molar-refractivity contribution in [1.29, 1.82) is 0 Å². The number of thioether (sulfide) groups is 1. The van der Waals surface area contributed by atoms with Gasteiger partial charge < -0.3 is 4.57 Å². The lowest BCUT2D eigenvalue weighted by atomic mass is 10.4. The SMILES string of the molecule is CSc1nc(Cl)nc2c1c(I)cn2C. The molecule has 0 bridgehead atoms. The van der Waals surface area contributed by atoms with Gasteiger partial charge in [0, 0.05) is 16.8 Å². The Morgan fingerprint density at radius 1 is 1.50 bits per heavy atom. The fourth-order valence-corrected chi connectivity index (χ4v) is 3.21. The number of aromatic nitrogens is 3. The van der Waals surface area contributed by atoms with Crippen LogP contribution in [0.2, 0.25) is 5.28 Å². The highest BCUT2D eigenvalue weighted by molar-refractivity contribution is 14.1. The number of nitrogens with zero attached hydrogens (tertiary/aromatic N) is 3. The maximum Gasteiger partial charge on any atom is 0.225 e. The monoisotopic (exact) mass is 339 g/mol. The van der Waals surface area contributed by atoms with Crippen LogP contribution in [0, 0.1) is 3.57 Å². The van der Waals surface area contributed by atoms with E-state index in [2.05, 4.69) is 32.6 Å². The molecule has 0 aliphatic rings. The van der Waals surface area contributed by atoms with Crippen molar-refractivity contribution in [3.05, 3.63) is 15.1 Å². The molecule has 2 aromatic heterocycles. The van der Waals surface area contributed by atoms with Gasteiger partial charge in [0.2, 0.25) is 5.28 Å². The first-order valence-electron chi connectivity index (χ1n) is 3.85. The van der Waals surface area contributed by atoms with E-state index in [1.54, 1.807) is 11.8 Å². The normalized spacial score (nSPS) is 11.1. The Morgan fingerprint density at radius 3 is 2.86 bits per heavy atom. The zero-order valence-corrected chi connectivity index (χ0v) is 11.3. The standard InChI is InChI=1S/C8H7ClIN3S/c1-13-3-4(10)5-6(13)11-8(9)12-7(5)14-2/h3H,1-2H3. The molecule has 0 spiro atoms. The van der Waals surface area contributed by atoms with Crippen LogP contribution in [0.15, 0.2) is 11.2 Å². The Balaban J connectivity index is 2.90. The summed E-state index contributed by atoms with van der Waals surface area (Å²) in [5.41, 5.74) is 0.888. The fraction of sp³-hybridized carbons (Fsp3) is 0.250. The van der Waals surface area contributed by atoms with Gasteiger partial charge in [-0.3, -0.25) is 0 Å². The Hall–Kier alpha value is -0.0100. The third-order valence-electron chi connectivity index (χ3n) is 1.90. The maximum atomic E-state index is 5.83. The van der Waals surface area contributed by atoms with Gasteiger partial charge >= 0.3 is 0 Å². The highest BCUT2D eigenvalue weighted by atomic mass is 127. The molecule has 14 heavy (non-hydrogen) atoms. The van der Waals surface area contributed by atoms with Crippen LogP contribution in [-0.2, 0) is 7.05 Å². The molecule has 2 rings (SSSR count). The average Bonchev–Trinajstić information content (AvgIpc) is 2.41. The van der Waals surface area contributed by atoms with Crippen LogP contribution >= 0.6 is 46.0 Å². The average molecular weight is 340 g/mol. The van der Waals surface area contributed by atoms with Crippen LogP contribution in [0.5, 0.6) is 0 Å². The molecular formula is C8H7ClIN3S. The Bertz CT molecular complexity index is 497. The molecule has 3 nitrogen and oxygen atoms in total. The van der Waals surface area contributed by atoms with Crippen molar-refractivity contribution < 1.29 is 0 Å². The summed E-state index contributed by atoms with van der Waals surface area (Å²) >= 11 is 9.70. The van der Waals surface area contributed by atoms with Gasteiger partial charge in [0.05, 0.1) is 5.39 Å². The molecule has 74 valence electrons. The summed E-state index contributed by atoms with van der Waals surface area (Å²) < 4.78 is 3.12. The summed E-state index contributed by atoms with van der Waals surface area (Å²) in [6.07, 6.45) is 4.01. The van der Waals surface area contributed by atoms with Crippen molar-refractivity contribution in [3.63, 3.8) is 0 Å². The van der Waals surface area contributed by atoms with Gasteiger partial charge in [-0.2, -0.15) is 4.98 Å². The molecular weight excluding hydrogens is 333 g/mol. The van der Waals surface area contributed by atoms with Crippen molar-refractivity contribution >= 4 is 57.0 Å². The van der Waals surface area contributed by atoms with Crippen LogP contribution in [0.25, 0.3) is 11.0 Å². The van der Waals surface area contributed by atoms with Crippen LogP contribution in [0.3, 0.4) is 0 Å². The summed E-state index contributed by atoms with van der Waals surface area (Å²) in [6.45, 7) is 0. The van der Waals surface area contributed by atoms with E-state index in [-0.39, 0.29) is 0 Å². The molecule has 0 N–H and O–H groups in total. The maximum absolute atomic E-state index is 5.83. The predicted molar refractivity (Wildman–Crippen MR) is 68.0 cm³/mol. The largest absolute Gasteiger partial charge is 0.334 e.